The average molecular weight is 285 g/mol. The van der Waals surface area contributed by atoms with Gasteiger partial charge in [0.2, 0.25) is 5.91 Å². The van der Waals surface area contributed by atoms with Gasteiger partial charge in [-0.15, -0.1) is 0 Å². The third-order valence-electron chi connectivity index (χ3n) is 2.79. The molecule has 6 heteroatoms. The van der Waals surface area contributed by atoms with E-state index in [0.29, 0.717) is 22.5 Å². The fraction of sp³-hybridized carbons (Fsp3) is 0.0667. The highest BCUT2D eigenvalue weighted by Crippen LogP contribution is 2.15. The Balaban J connectivity index is 2.07. The highest BCUT2D eigenvalue weighted by molar-refractivity contribution is 5.93. The Labute approximate surface area is 121 Å². The number of amides is 1. The highest BCUT2D eigenvalue weighted by Gasteiger charge is 2.10. The lowest BCUT2D eigenvalue weighted by Crippen LogP contribution is -2.11. The number of anilines is 2. The number of primary amides is 1. The third kappa shape index (κ3) is 3.73. The summed E-state index contributed by atoms with van der Waals surface area (Å²) in [6, 6.07) is 11.1. The first-order valence-corrected chi connectivity index (χ1v) is 6.17. The predicted molar refractivity (Wildman–Crippen MR) is 79.3 cm³/mol. The van der Waals surface area contributed by atoms with Crippen LogP contribution < -0.4 is 17.2 Å². The molecule has 2 rings (SSSR count). The minimum atomic E-state index is -0.543. The number of esters is 1. The van der Waals surface area contributed by atoms with Crippen molar-refractivity contribution in [2.24, 2.45) is 5.73 Å². The number of nitrogen functional groups attached to an aromatic ring is 2. The third-order valence-corrected chi connectivity index (χ3v) is 2.79. The van der Waals surface area contributed by atoms with Crippen LogP contribution >= 0.6 is 0 Å². The molecule has 21 heavy (non-hydrogen) atoms. The van der Waals surface area contributed by atoms with E-state index >= 15 is 0 Å². The number of rotatable bonds is 4. The van der Waals surface area contributed by atoms with Gasteiger partial charge in [-0.1, -0.05) is 12.1 Å². The zero-order valence-corrected chi connectivity index (χ0v) is 11.2. The van der Waals surface area contributed by atoms with Gasteiger partial charge in [0.25, 0.3) is 0 Å². The molecule has 0 aliphatic carbocycles. The van der Waals surface area contributed by atoms with Crippen LogP contribution in [0.4, 0.5) is 11.4 Å². The second-order valence-corrected chi connectivity index (χ2v) is 4.53. The number of carbonyl (C=O) groups excluding carboxylic acids is 2. The first-order chi connectivity index (χ1) is 9.95. The summed E-state index contributed by atoms with van der Waals surface area (Å²) in [7, 11) is 0. The highest BCUT2D eigenvalue weighted by atomic mass is 16.5. The molecule has 0 aliphatic heterocycles. The molecule has 6 N–H and O–H groups in total. The van der Waals surface area contributed by atoms with Crippen molar-refractivity contribution in [3.63, 3.8) is 0 Å². The SMILES string of the molecule is NC(=O)c1cccc(COC(=O)c2cc(N)cc(N)c2)c1. The first kappa shape index (κ1) is 14.4. The van der Waals surface area contributed by atoms with Crippen LogP contribution in [0.5, 0.6) is 0 Å². The minimum Gasteiger partial charge on any atom is -0.457 e. The molecule has 0 unspecified atom stereocenters. The van der Waals surface area contributed by atoms with E-state index in [1.165, 1.54) is 12.1 Å². The van der Waals surface area contributed by atoms with Gasteiger partial charge in [0.15, 0.2) is 0 Å². The van der Waals surface area contributed by atoms with Crippen LogP contribution in [0.25, 0.3) is 0 Å². The predicted octanol–water partition coefficient (Wildman–Crippen LogP) is 1.31. The van der Waals surface area contributed by atoms with Crippen LogP contribution in [0.2, 0.25) is 0 Å². The van der Waals surface area contributed by atoms with Crippen LogP contribution in [0, 0.1) is 0 Å². The second-order valence-electron chi connectivity index (χ2n) is 4.53. The van der Waals surface area contributed by atoms with Crippen LogP contribution in [-0.4, -0.2) is 11.9 Å². The summed E-state index contributed by atoms with van der Waals surface area (Å²) in [5.74, 6) is -1.08. The zero-order valence-electron chi connectivity index (χ0n) is 11.2. The van der Waals surface area contributed by atoms with E-state index in [9.17, 15) is 9.59 Å². The Hall–Kier alpha value is -3.02. The Morgan fingerprint density at radius 3 is 2.24 bits per heavy atom. The molecule has 0 bridgehead atoms. The van der Waals surface area contributed by atoms with Crippen molar-refractivity contribution >= 4 is 23.3 Å². The summed E-state index contributed by atoms with van der Waals surface area (Å²) in [6.45, 7) is 0.0225. The molecule has 0 aliphatic rings. The standard InChI is InChI=1S/C15H15N3O3/c16-12-5-11(6-13(17)7-12)15(20)21-8-9-2-1-3-10(4-9)14(18)19/h1-7H,8,16-17H2,(H2,18,19). The number of hydrogen-bond acceptors (Lipinski definition) is 5. The van der Waals surface area contributed by atoms with E-state index < -0.39 is 11.9 Å². The van der Waals surface area contributed by atoms with E-state index in [4.69, 9.17) is 21.9 Å². The molecule has 1 amide bonds. The van der Waals surface area contributed by atoms with Crippen molar-refractivity contribution in [2.75, 3.05) is 11.5 Å². The molecule has 0 saturated carbocycles. The summed E-state index contributed by atoms with van der Waals surface area (Å²) in [5, 5.41) is 0. The summed E-state index contributed by atoms with van der Waals surface area (Å²) in [5.41, 5.74) is 18.5. The molecular weight excluding hydrogens is 270 g/mol. The largest absolute Gasteiger partial charge is 0.457 e. The molecule has 0 spiro atoms. The van der Waals surface area contributed by atoms with Gasteiger partial charge in [0.1, 0.15) is 6.61 Å². The van der Waals surface area contributed by atoms with Crippen molar-refractivity contribution in [3.8, 4) is 0 Å². The van der Waals surface area contributed by atoms with Gasteiger partial charge < -0.3 is 21.9 Å². The Bertz CT molecular complexity index is 678. The number of ether oxygens (including phenoxy) is 1. The molecule has 2 aromatic rings. The molecule has 108 valence electrons. The average Bonchev–Trinajstić information content (AvgIpc) is 2.44. The Kier molecular flexibility index (Phi) is 4.08. The fourth-order valence-electron chi connectivity index (χ4n) is 1.84. The van der Waals surface area contributed by atoms with Gasteiger partial charge in [0, 0.05) is 16.9 Å². The van der Waals surface area contributed by atoms with Gasteiger partial charge >= 0.3 is 5.97 Å². The van der Waals surface area contributed by atoms with E-state index in [2.05, 4.69) is 0 Å². The van der Waals surface area contributed by atoms with Gasteiger partial charge in [-0.3, -0.25) is 4.79 Å². The van der Waals surface area contributed by atoms with Crippen molar-refractivity contribution in [1.82, 2.24) is 0 Å². The van der Waals surface area contributed by atoms with E-state index in [1.54, 1.807) is 30.3 Å². The quantitative estimate of drug-likeness (QED) is 0.577. The minimum absolute atomic E-state index is 0.0225. The monoisotopic (exact) mass is 285 g/mol. The lowest BCUT2D eigenvalue weighted by molar-refractivity contribution is 0.0473. The number of nitrogens with two attached hydrogens (primary N) is 3. The molecule has 6 nitrogen and oxygen atoms in total. The number of benzene rings is 2. The molecule has 2 aromatic carbocycles. The second kappa shape index (κ2) is 5.96. The summed E-state index contributed by atoms with van der Waals surface area (Å²) in [6.07, 6.45) is 0. The number of hydrogen-bond donors (Lipinski definition) is 3. The Morgan fingerprint density at radius 2 is 1.62 bits per heavy atom. The molecule has 0 fully saturated rings. The van der Waals surface area contributed by atoms with Crippen molar-refractivity contribution in [2.45, 2.75) is 6.61 Å². The normalized spacial score (nSPS) is 10.1. The molecule has 0 heterocycles. The summed E-state index contributed by atoms with van der Waals surface area (Å²) in [4.78, 5) is 23.0. The zero-order chi connectivity index (χ0) is 15.4. The molecular formula is C15H15N3O3. The van der Waals surface area contributed by atoms with Crippen LogP contribution in [0.3, 0.4) is 0 Å². The van der Waals surface area contributed by atoms with Crippen LogP contribution in [-0.2, 0) is 11.3 Å². The van der Waals surface area contributed by atoms with Gasteiger partial charge in [-0.25, -0.2) is 4.79 Å². The van der Waals surface area contributed by atoms with E-state index in [0.717, 1.165) is 0 Å². The topological polar surface area (TPSA) is 121 Å². The summed E-state index contributed by atoms with van der Waals surface area (Å²) >= 11 is 0. The Morgan fingerprint density at radius 1 is 0.952 bits per heavy atom. The van der Waals surface area contributed by atoms with Gasteiger partial charge in [-0.2, -0.15) is 0 Å². The fourth-order valence-corrected chi connectivity index (χ4v) is 1.84. The van der Waals surface area contributed by atoms with Crippen LogP contribution in [0.1, 0.15) is 26.3 Å². The van der Waals surface area contributed by atoms with Crippen molar-refractivity contribution < 1.29 is 14.3 Å². The molecule has 0 radical (unpaired) electrons. The molecule has 0 saturated heterocycles. The summed E-state index contributed by atoms with van der Waals surface area (Å²) < 4.78 is 5.16. The van der Waals surface area contributed by atoms with E-state index in [1.807, 2.05) is 0 Å². The lowest BCUT2D eigenvalue weighted by Gasteiger charge is -2.07. The molecule has 0 atom stereocenters. The first-order valence-electron chi connectivity index (χ1n) is 6.17. The van der Waals surface area contributed by atoms with Gasteiger partial charge in [-0.05, 0) is 35.9 Å². The van der Waals surface area contributed by atoms with Crippen LogP contribution in [0.15, 0.2) is 42.5 Å². The maximum absolute atomic E-state index is 11.9. The maximum Gasteiger partial charge on any atom is 0.338 e. The van der Waals surface area contributed by atoms with Crippen molar-refractivity contribution in [1.29, 1.82) is 0 Å². The maximum atomic E-state index is 11.9. The lowest BCUT2D eigenvalue weighted by atomic mass is 10.1. The smallest absolute Gasteiger partial charge is 0.338 e. The van der Waals surface area contributed by atoms with E-state index in [-0.39, 0.29) is 12.2 Å². The van der Waals surface area contributed by atoms with Crippen molar-refractivity contribution in [3.05, 3.63) is 59.2 Å². The molecule has 0 aromatic heterocycles. The van der Waals surface area contributed by atoms with Gasteiger partial charge in [0.05, 0.1) is 5.56 Å². The number of carbonyl (C=O) groups is 2.